The van der Waals surface area contributed by atoms with Crippen LogP contribution in [0.2, 0.25) is 0 Å². The van der Waals surface area contributed by atoms with Gasteiger partial charge in [0.2, 0.25) is 0 Å². The Balaban J connectivity index is 3.47. The molecule has 0 bridgehead atoms. The fourth-order valence-corrected chi connectivity index (χ4v) is 0.774. The fourth-order valence-electron chi connectivity index (χ4n) is 0.774. The van der Waals surface area contributed by atoms with Crippen molar-refractivity contribution in [2.45, 2.75) is 45.6 Å². The van der Waals surface area contributed by atoms with E-state index in [9.17, 15) is 4.79 Å². The Hall–Kier alpha value is -0.570. The van der Waals surface area contributed by atoms with Crippen LogP contribution >= 0.6 is 0 Å². The van der Waals surface area contributed by atoms with Gasteiger partial charge in [0.15, 0.2) is 0 Å². The van der Waals surface area contributed by atoms with Crippen LogP contribution in [-0.4, -0.2) is 23.3 Å². The van der Waals surface area contributed by atoms with Crippen molar-refractivity contribution < 1.29 is 14.6 Å². The lowest BCUT2D eigenvalue weighted by Gasteiger charge is -2.19. The highest BCUT2D eigenvalue weighted by Crippen LogP contribution is 2.09. The SMILES string of the molecule is CC(C)(C)OC(=O)CCCCO. The van der Waals surface area contributed by atoms with Crippen LogP contribution in [0, 0.1) is 0 Å². The van der Waals surface area contributed by atoms with E-state index in [0.29, 0.717) is 19.3 Å². The number of carbonyl (C=O) groups is 1. The summed E-state index contributed by atoms with van der Waals surface area (Å²) in [5.74, 6) is -0.184. The summed E-state index contributed by atoms with van der Waals surface area (Å²) in [6.07, 6.45) is 1.77. The third kappa shape index (κ3) is 7.54. The molecule has 12 heavy (non-hydrogen) atoms. The molecule has 72 valence electrons. The Bertz CT molecular complexity index is 135. The lowest BCUT2D eigenvalue weighted by molar-refractivity contribution is -0.154. The minimum Gasteiger partial charge on any atom is -0.460 e. The van der Waals surface area contributed by atoms with E-state index in [2.05, 4.69) is 0 Å². The third-order valence-corrected chi connectivity index (χ3v) is 1.21. The summed E-state index contributed by atoms with van der Waals surface area (Å²) in [7, 11) is 0. The molecule has 0 aliphatic carbocycles. The van der Waals surface area contributed by atoms with Gasteiger partial charge in [-0.25, -0.2) is 0 Å². The minimum absolute atomic E-state index is 0.142. The zero-order valence-electron chi connectivity index (χ0n) is 8.09. The molecule has 1 N–H and O–H groups in total. The van der Waals surface area contributed by atoms with Crippen molar-refractivity contribution in [3.8, 4) is 0 Å². The van der Waals surface area contributed by atoms with E-state index in [4.69, 9.17) is 9.84 Å². The predicted octanol–water partition coefficient (Wildman–Crippen LogP) is 1.49. The van der Waals surface area contributed by atoms with Crippen molar-refractivity contribution in [3.05, 3.63) is 0 Å². The molecule has 0 atom stereocenters. The number of hydrogen-bond donors (Lipinski definition) is 1. The first-order valence-electron chi connectivity index (χ1n) is 4.28. The number of hydrogen-bond acceptors (Lipinski definition) is 3. The highest BCUT2D eigenvalue weighted by atomic mass is 16.6. The topological polar surface area (TPSA) is 46.5 Å². The highest BCUT2D eigenvalue weighted by Gasteiger charge is 2.15. The number of unbranched alkanes of at least 4 members (excludes halogenated alkanes) is 1. The lowest BCUT2D eigenvalue weighted by atomic mass is 10.2. The number of carbonyl (C=O) groups excluding carboxylic acids is 1. The first-order chi connectivity index (χ1) is 5.45. The molecule has 3 heteroatoms. The van der Waals surface area contributed by atoms with Gasteiger partial charge in [-0.3, -0.25) is 4.79 Å². The molecule has 0 aromatic carbocycles. The molecular formula is C9H18O3. The Labute approximate surface area is 73.7 Å². The summed E-state index contributed by atoms with van der Waals surface area (Å²) in [4.78, 5) is 11.0. The number of aliphatic hydroxyl groups excluding tert-OH is 1. The van der Waals surface area contributed by atoms with Crippen molar-refractivity contribution in [2.24, 2.45) is 0 Å². The number of ether oxygens (including phenoxy) is 1. The molecular weight excluding hydrogens is 156 g/mol. The quantitative estimate of drug-likeness (QED) is 0.519. The first-order valence-corrected chi connectivity index (χ1v) is 4.28. The second-order valence-corrected chi connectivity index (χ2v) is 3.77. The van der Waals surface area contributed by atoms with Crippen molar-refractivity contribution in [3.63, 3.8) is 0 Å². The van der Waals surface area contributed by atoms with Gasteiger partial charge in [0.25, 0.3) is 0 Å². The average Bonchev–Trinajstić information content (AvgIpc) is 1.84. The normalized spacial score (nSPS) is 11.3. The van der Waals surface area contributed by atoms with Crippen LogP contribution in [0.5, 0.6) is 0 Å². The van der Waals surface area contributed by atoms with E-state index < -0.39 is 5.60 Å². The molecule has 0 aromatic rings. The van der Waals surface area contributed by atoms with Crippen LogP contribution in [-0.2, 0) is 9.53 Å². The van der Waals surface area contributed by atoms with E-state index in [1.807, 2.05) is 20.8 Å². The van der Waals surface area contributed by atoms with Crippen LogP contribution in [0.15, 0.2) is 0 Å². The molecule has 0 saturated carbocycles. The van der Waals surface area contributed by atoms with E-state index >= 15 is 0 Å². The van der Waals surface area contributed by atoms with Gasteiger partial charge in [0.1, 0.15) is 5.60 Å². The van der Waals surface area contributed by atoms with Crippen molar-refractivity contribution >= 4 is 5.97 Å². The van der Waals surface area contributed by atoms with E-state index in [0.717, 1.165) is 0 Å². The van der Waals surface area contributed by atoms with Gasteiger partial charge in [0.05, 0.1) is 0 Å². The maximum Gasteiger partial charge on any atom is 0.306 e. The standard InChI is InChI=1S/C9H18O3/c1-9(2,3)12-8(11)6-4-5-7-10/h10H,4-7H2,1-3H3. The van der Waals surface area contributed by atoms with Crippen molar-refractivity contribution in [1.29, 1.82) is 0 Å². The van der Waals surface area contributed by atoms with Gasteiger partial charge in [-0.05, 0) is 33.6 Å². The summed E-state index contributed by atoms with van der Waals surface area (Å²) in [5.41, 5.74) is -0.393. The summed E-state index contributed by atoms with van der Waals surface area (Å²) in [6.45, 7) is 5.67. The monoisotopic (exact) mass is 174 g/mol. The van der Waals surface area contributed by atoms with Crippen LogP contribution in [0.3, 0.4) is 0 Å². The molecule has 0 fully saturated rings. The third-order valence-electron chi connectivity index (χ3n) is 1.21. The molecule has 0 spiro atoms. The summed E-state index contributed by atoms with van der Waals surface area (Å²) in [5, 5.41) is 8.46. The fraction of sp³-hybridized carbons (Fsp3) is 0.889. The zero-order chi connectivity index (χ0) is 9.61. The Morgan fingerprint density at radius 2 is 1.92 bits per heavy atom. The molecule has 0 aromatic heterocycles. The maximum atomic E-state index is 11.0. The number of aliphatic hydroxyl groups is 1. The van der Waals surface area contributed by atoms with Gasteiger partial charge >= 0.3 is 5.97 Å². The van der Waals surface area contributed by atoms with Crippen LogP contribution in [0.1, 0.15) is 40.0 Å². The second kappa shape index (κ2) is 5.14. The maximum absolute atomic E-state index is 11.0. The first kappa shape index (κ1) is 11.4. The summed E-state index contributed by atoms with van der Waals surface area (Å²) < 4.78 is 5.06. The van der Waals surface area contributed by atoms with Gasteiger partial charge in [-0.2, -0.15) is 0 Å². The molecule has 3 nitrogen and oxygen atoms in total. The van der Waals surface area contributed by atoms with Crippen LogP contribution in [0.4, 0.5) is 0 Å². The average molecular weight is 174 g/mol. The van der Waals surface area contributed by atoms with Gasteiger partial charge in [-0.15, -0.1) is 0 Å². The zero-order valence-corrected chi connectivity index (χ0v) is 8.09. The van der Waals surface area contributed by atoms with E-state index in [1.165, 1.54) is 0 Å². The van der Waals surface area contributed by atoms with Crippen molar-refractivity contribution in [2.75, 3.05) is 6.61 Å². The minimum atomic E-state index is -0.393. The van der Waals surface area contributed by atoms with Gasteiger partial charge in [-0.1, -0.05) is 0 Å². The number of rotatable bonds is 4. The van der Waals surface area contributed by atoms with E-state index in [1.54, 1.807) is 0 Å². The van der Waals surface area contributed by atoms with Gasteiger partial charge in [0, 0.05) is 13.0 Å². The Kier molecular flexibility index (Phi) is 4.90. The molecule has 0 heterocycles. The molecule has 0 amide bonds. The number of esters is 1. The Morgan fingerprint density at radius 3 is 2.33 bits per heavy atom. The van der Waals surface area contributed by atoms with Crippen molar-refractivity contribution in [1.82, 2.24) is 0 Å². The molecule has 0 saturated heterocycles. The summed E-state index contributed by atoms with van der Waals surface area (Å²) >= 11 is 0. The molecule has 0 rings (SSSR count). The molecule has 0 unspecified atom stereocenters. The van der Waals surface area contributed by atoms with E-state index in [-0.39, 0.29) is 12.6 Å². The molecule has 0 radical (unpaired) electrons. The summed E-state index contributed by atoms with van der Waals surface area (Å²) in [6, 6.07) is 0. The lowest BCUT2D eigenvalue weighted by Crippen LogP contribution is -2.23. The van der Waals surface area contributed by atoms with Gasteiger partial charge < -0.3 is 9.84 Å². The highest BCUT2D eigenvalue weighted by molar-refractivity contribution is 5.69. The Morgan fingerprint density at radius 1 is 1.33 bits per heavy atom. The second-order valence-electron chi connectivity index (χ2n) is 3.77. The molecule has 0 aliphatic rings. The van der Waals surface area contributed by atoms with Crippen LogP contribution < -0.4 is 0 Å². The molecule has 0 aliphatic heterocycles. The van der Waals surface area contributed by atoms with Crippen LogP contribution in [0.25, 0.3) is 0 Å². The smallest absolute Gasteiger partial charge is 0.306 e. The largest absolute Gasteiger partial charge is 0.460 e. The predicted molar refractivity (Wildman–Crippen MR) is 46.8 cm³/mol.